The van der Waals surface area contributed by atoms with E-state index in [2.05, 4.69) is 27.8 Å². The second-order valence-corrected chi connectivity index (χ2v) is 4.32. The summed E-state index contributed by atoms with van der Waals surface area (Å²) in [5.74, 6) is -0.429. The molecule has 2 rings (SSSR count). The van der Waals surface area contributed by atoms with Gasteiger partial charge in [-0.2, -0.15) is 5.10 Å². The first kappa shape index (κ1) is 11.1. The Hall–Kier alpha value is -1.43. The third-order valence-electron chi connectivity index (χ3n) is 2.96. The maximum absolute atomic E-state index is 11.7. The lowest BCUT2D eigenvalue weighted by Gasteiger charge is -2.29. The molecular weight excluding hydrogens is 208 g/mol. The Kier molecular flexibility index (Phi) is 3.19. The van der Waals surface area contributed by atoms with E-state index in [0.717, 1.165) is 25.9 Å². The molecule has 2 heterocycles. The molecule has 0 atom stereocenters. The lowest BCUT2D eigenvalue weighted by molar-refractivity contribution is -0.120. The smallest absolute Gasteiger partial charge is 0.268 e. The number of hydrogen-bond acceptors (Lipinski definition) is 4. The number of hydrogen-bond donors (Lipinski definition) is 2. The fraction of sp³-hybridized carbons (Fsp3) is 0.700. The number of rotatable bonds is 2. The quantitative estimate of drug-likeness (QED) is 0.636. The van der Waals surface area contributed by atoms with Crippen LogP contribution in [-0.4, -0.2) is 48.6 Å². The molecule has 2 amide bonds. The van der Waals surface area contributed by atoms with E-state index in [1.807, 2.05) is 0 Å². The molecule has 0 radical (unpaired) electrons. The number of piperidine rings is 1. The lowest BCUT2D eigenvalue weighted by atomic mass is 10.1. The maximum atomic E-state index is 11.7. The molecule has 0 saturated carbocycles. The number of amides is 2. The van der Waals surface area contributed by atoms with Crippen molar-refractivity contribution in [1.82, 2.24) is 15.6 Å². The standard InChI is InChI=1S/C10H16N4O2/c1-14-4-2-7(3-5-14)11-10(16)8-6-9(15)13-12-8/h7H,2-6H2,1H3,(H,11,16)(H,13,15). The zero-order valence-electron chi connectivity index (χ0n) is 9.32. The molecular formula is C10H16N4O2. The van der Waals surface area contributed by atoms with Gasteiger partial charge in [0.1, 0.15) is 5.71 Å². The number of carbonyl (C=O) groups is 2. The summed E-state index contributed by atoms with van der Waals surface area (Å²) in [6.07, 6.45) is 2.01. The molecule has 1 saturated heterocycles. The minimum absolute atomic E-state index is 0.0957. The maximum Gasteiger partial charge on any atom is 0.268 e. The van der Waals surface area contributed by atoms with Crippen molar-refractivity contribution >= 4 is 17.5 Å². The summed E-state index contributed by atoms with van der Waals surface area (Å²) < 4.78 is 0. The van der Waals surface area contributed by atoms with Crippen molar-refractivity contribution in [1.29, 1.82) is 0 Å². The van der Waals surface area contributed by atoms with Crippen LogP contribution in [0.15, 0.2) is 5.10 Å². The van der Waals surface area contributed by atoms with Crippen molar-refractivity contribution in [2.24, 2.45) is 5.10 Å². The van der Waals surface area contributed by atoms with Gasteiger partial charge in [0.15, 0.2) is 0 Å². The molecule has 16 heavy (non-hydrogen) atoms. The zero-order valence-corrected chi connectivity index (χ0v) is 9.32. The van der Waals surface area contributed by atoms with Gasteiger partial charge in [0, 0.05) is 6.04 Å². The Morgan fingerprint density at radius 1 is 1.50 bits per heavy atom. The largest absolute Gasteiger partial charge is 0.348 e. The van der Waals surface area contributed by atoms with Crippen LogP contribution in [0, 0.1) is 0 Å². The first-order valence-electron chi connectivity index (χ1n) is 5.50. The summed E-state index contributed by atoms with van der Waals surface area (Å²) in [6.45, 7) is 1.99. The van der Waals surface area contributed by atoms with Gasteiger partial charge in [-0.25, -0.2) is 5.43 Å². The van der Waals surface area contributed by atoms with Gasteiger partial charge in [-0.1, -0.05) is 0 Å². The van der Waals surface area contributed by atoms with E-state index >= 15 is 0 Å². The predicted octanol–water partition coefficient (Wildman–Crippen LogP) is -0.927. The summed E-state index contributed by atoms with van der Waals surface area (Å²) in [5.41, 5.74) is 2.57. The van der Waals surface area contributed by atoms with Gasteiger partial charge >= 0.3 is 0 Å². The Bertz CT molecular complexity index is 332. The van der Waals surface area contributed by atoms with E-state index in [4.69, 9.17) is 0 Å². The minimum atomic E-state index is -0.215. The molecule has 1 fully saturated rings. The number of likely N-dealkylation sites (tertiary alicyclic amines) is 1. The fourth-order valence-corrected chi connectivity index (χ4v) is 1.91. The van der Waals surface area contributed by atoms with Crippen LogP contribution < -0.4 is 10.7 Å². The molecule has 0 aliphatic carbocycles. The number of nitrogens with zero attached hydrogens (tertiary/aromatic N) is 2. The van der Waals surface area contributed by atoms with E-state index in [1.54, 1.807) is 0 Å². The van der Waals surface area contributed by atoms with Gasteiger partial charge in [0.05, 0.1) is 6.42 Å². The highest BCUT2D eigenvalue weighted by Crippen LogP contribution is 2.08. The van der Waals surface area contributed by atoms with Crippen molar-refractivity contribution < 1.29 is 9.59 Å². The van der Waals surface area contributed by atoms with Crippen molar-refractivity contribution in [2.45, 2.75) is 25.3 Å². The van der Waals surface area contributed by atoms with Crippen LogP contribution in [0.1, 0.15) is 19.3 Å². The molecule has 2 aliphatic rings. The van der Waals surface area contributed by atoms with Gasteiger partial charge in [-0.05, 0) is 33.0 Å². The third kappa shape index (κ3) is 2.57. The second kappa shape index (κ2) is 4.61. The molecule has 2 aliphatic heterocycles. The van der Waals surface area contributed by atoms with Crippen molar-refractivity contribution in [2.75, 3.05) is 20.1 Å². The average molecular weight is 224 g/mol. The first-order chi connectivity index (χ1) is 7.65. The van der Waals surface area contributed by atoms with Crippen LogP contribution in [0.4, 0.5) is 0 Å². The molecule has 6 nitrogen and oxygen atoms in total. The molecule has 0 bridgehead atoms. The summed E-state index contributed by atoms with van der Waals surface area (Å²) in [5, 5.41) is 6.61. The Labute approximate surface area is 94.1 Å². The highest BCUT2D eigenvalue weighted by atomic mass is 16.2. The van der Waals surface area contributed by atoms with Gasteiger partial charge in [-0.3, -0.25) is 9.59 Å². The Morgan fingerprint density at radius 3 is 2.75 bits per heavy atom. The summed E-state index contributed by atoms with van der Waals surface area (Å²) in [4.78, 5) is 24.8. The van der Waals surface area contributed by atoms with Crippen LogP contribution in [-0.2, 0) is 9.59 Å². The van der Waals surface area contributed by atoms with Crippen molar-refractivity contribution in [3.05, 3.63) is 0 Å². The molecule has 2 N–H and O–H groups in total. The Morgan fingerprint density at radius 2 is 2.19 bits per heavy atom. The highest BCUT2D eigenvalue weighted by Gasteiger charge is 2.24. The van der Waals surface area contributed by atoms with Gasteiger partial charge in [0.2, 0.25) is 5.91 Å². The molecule has 0 aromatic carbocycles. The van der Waals surface area contributed by atoms with E-state index in [-0.39, 0.29) is 24.3 Å². The number of carbonyl (C=O) groups excluding carboxylic acids is 2. The zero-order chi connectivity index (χ0) is 11.5. The van der Waals surface area contributed by atoms with Gasteiger partial charge < -0.3 is 10.2 Å². The summed E-state index contributed by atoms with van der Waals surface area (Å²) in [6, 6.07) is 0.210. The Balaban J connectivity index is 1.81. The number of nitrogens with one attached hydrogen (secondary N) is 2. The summed E-state index contributed by atoms with van der Waals surface area (Å²) >= 11 is 0. The second-order valence-electron chi connectivity index (χ2n) is 4.32. The predicted molar refractivity (Wildman–Crippen MR) is 58.9 cm³/mol. The van der Waals surface area contributed by atoms with E-state index in [9.17, 15) is 9.59 Å². The lowest BCUT2D eigenvalue weighted by Crippen LogP contribution is -2.45. The van der Waals surface area contributed by atoms with Crippen LogP contribution >= 0.6 is 0 Å². The normalized spacial score (nSPS) is 22.8. The first-order valence-corrected chi connectivity index (χ1v) is 5.50. The summed E-state index contributed by atoms with van der Waals surface area (Å²) in [7, 11) is 2.07. The highest BCUT2D eigenvalue weighted by molar-refractivity contribution is 6.43. The molecule has 0 aromatic heterocycles. The van der Waals surface area contributed by atoms with E-state index in [1.165, 1.54) is 0 Å². The monoisotopic (exact) mass is 224 g/mol. The van der Waals surface area contributed by atoms with Crippen LogP contribution in [0.3, 0.4) is 0 Å². The van der Waals surface area contributed by atoms with Crippen LogP contribution in [0.25, 0.3) is 0 Å². The van der Waals surface area contributed by atoms with Crippen molar-refractivity contribution in [3.63, 3.8) is 0 Å². The molecule has 0 aromatic rings. The third-order valence-corrected chi connectivity index (χ3v) is 2.96. The molecule has 0 unspecified atom stereocenters. The van der Waals surface area contributed by atoms with E-state index in [0.29, 0.717) is 5.71 Å². The van der Waals surface area contributed by atoms with Crippen molar-refractivity contribution in [3.8, 4) is 0 Å². The van der Waals surface area contributed by atoms with Crippen LogP contribution in [0.5, 0.6) is 0 Å². The van der Waals surface area contributed by atoms with Gasteiger partial charge in [0.25, 0.3) is 5.91 Å². The average Bonchev–Trinajstić information content (AvgIpc) is 2.68. The molecule has 6 heteroatoms. The molecule has 0 spiro atoms. The molecule has 88 valence electrons. The van der Waals surface area contributed by atoms with Gasteiger partial charge in [-0.15, -0.1) is 0 Å². The van der Waals surface area contributed by atoms with Crippen LogP contribution in [0.2, 0.25) is 0 Å². The fourth-order valence-electron chi connectivity index (χ4n) is 1.91. The topological polar surface area (TPSA) is 73.8 Å². The number of hydrazone groups is 1. The SMILES string of the molecule is CN1CCC(NC(=O)C2=NNC(=O)C2)CC1. The minimum Gasteiger partial charge on any atom is -0.348 e. The van der Waals surface area contributed by atoms with E-state index < -0.39 is 0 Å².